The molecule has 1 heterocycles. The molecule has 0 saturated carbocycles. The van der Waals surface area contributed by atoms with Crippen LogP contribution in [0.5, 0.6) is 5.88 Å². The van der Waals surface area contributed by atoms with Gasteiger partial charge in [0.15, 0.2) is 5.69 Å². The highest BCUT2D eigenvalue weighted by Gasteiger charge is 2.11. The molecule has 104 valence electrons. The second kappa shape index (κ2) is 5.38. The Labute approximate surface area is 124 Å². The van der Waals surface area contributed by atoms with Crippen LogP contribution in [0.15, 0.2) is 58.8 Å². The molecule has 3 aromatic rings. The van der Waals surface area contributed by atoms with Crippen molar-refractivity contribution in [3.8, 4) is 5.88 Å². The molecule has 6 heteroatoms. The van der Waals surface area contributed by atoms with E-state index in [-0.39, 0.29) is 11.6 Å². The van der Waals surface area contributed by atoms with Crippen molar-refractivity contribution in [3.63, 3.8) is 0 Å². The fourth-order valence-electron chi connectivity index (χ4n) is 1.99. The largest absolute Gasteiger partial charge is 0.493 e. The second-order valence-electron chi connectivity index (χ2n) is 4.38. The molecule has 0 fully saturated rings. The van der Waals surface area contributed by atoms with Gasteiger partial charge in [0.1, 0.15) is 0 Å². The van der Waals surface area contributed by atoms with Crippen molar-refractivity contribution in [1.29, 1.82) is 0 Å². The number of benzene rings is 2. The van der Waals surface area contributed by atoms with Gasteiger partial charge in [0.05, 0.1) is 5.52 Å². The summed E-state index contributed by atoms with van der Waals surface area (Å²) in [5, 5.41) is 18.4. The van der Waals surface area contributed by atoms with Crippen LogP contribution in [0.2, 0.25) is 5.02 Å². The lowest BCUT2D eigenvalue weighted by Gasteiger charge is -1.95. The van der Waals surface area contributed by atoms with E-state index in [9.17, 15) is 9.90 Å². The van der Waals surface area contributed by atoms with E-state index in [0.29, 0.717) is 16.0 Å². The first-order chi connectivity index (χ1) is 10.1. The number of fused-ring (bicyclic) bond motifs is 1. The number of nitrogens with one attached hydrogen (secondary N) is 1. The predicted octanol–water partition coefficient (Wildman–Crippen LogP) is 4.45. The zero-order valence-corrected chi connectivity index (χ0v) is 11.5. The second-order valence-corrected chi connectivity index (χ2v) is 4.82. The molecule has 0 radical (unpaired) electrons. The topological polar surface area (TPSA) is 77.8 Å². The number of carbonyl (C=O) groups is 1. The van der Waals surface area contributed by atoms with Crippen LogP contribution >= 0.6 is 11.6 Å². The number of aromatic hydroxyl groups is 1. The highest BCUT2D eigenvalue weighted by atomic mass is 35.5. The van der Waals surface area contributed by atoms with Gasteiger partial charge < -0.3 is 10.1 Å². The van der Waals surface area contributed by atoms with E-state index >= 15 is 0 Å². The molecule has 0 aliphatic rings. The number of rotatable bonds is 2. The number of nitrogens with zero attached hydrogens (tertiary/aromatic N) is 2. The van der Waals surface area contributed by atoms with Crippen molar-refractivity contribution in [1.82, 2.24) is 4.98 Å². The van der Waals surface area contributed by atoms with E-state index in [1.54, 1.807) is 30.3 Å². The molecule has 1 aromatic heterocycles. The fraction of sp³-hybridized carbons (Fsp3) is 0. The maximum absolute atomic E-state index is 11.9. The molecule has 0 aliphatic heterocycles. The summed E-state index contributed by atoms with van der Waals surface area (Å²) in [4.78, 5) is 14.7. The fourth-order valence-corrected chi connectivity index (χ4v) is 2.18. The van der Waals surface area contributed by atoms with Crippen LogP contribution in [-0.4, -0.2) is 16.0 Å². The highest BCUT2D eigenvalue weighted by molar-refractivity contribution is 6.30. The standard InChI is InChI=1S/C15H10ClN3O2/c16-10-5-3-4-9(8-10)14(20)19-18-13-11-6-1-2-7-12(11)17-15(13)21/h1-8,17,21H. The normalized spacial score (nSPS) is 11.3. The van der Waals surface area contributed by atoms with Gasteiger partial charge in [-0.1, -0.05) is 35.9 Å². The van der Waals surface area contributed by atoms with E-state index < -0.39 is 5.91 Å². The molecule has 0 unspecified atom stereocenters. The maximum Gasteiger partial charge on any atom is 0.295 e. The first-order valence-corrected chi connectivity index (χ1v) is 6.54. The molecular formula is C15H10ClN3O2. The number of aromatic nitrogens is 1. The lowest BCUT2D eigenvalue weighted by atomic mass is 10.2. The molecule has 2 N–H and O–H groups in total. The van der Waals surface area contributed by atoms with E-state index in [1.165, 1.54) is 6.07 Å². The number of H-pyrrole nitrogens is 1. The molecular weight excluding hydrogens is 290 g/mol. The highest BCUT2D eigenvalue weighted by Crippen LogP contribution is 2.35. The van der Waals surface area contributed by atoms with E-state index in [4.69, 9.17) is 11.6 Å². The summed E-state index contributed by atoms with van der Waals surface area (Å²) in [6.07, 6.45) is 0. The minimum Gasteiger partial charge on any atom is -0.493 e. The van der Waals surface area contributed by atoms with E-state index in [2.05, 4.69) is 15.2 Å². The molecule has 0 saturated heterocycles. The number of azo groups is 1. The summed E-state index contributed by atoms with van der Waals surface area (Å²) >= 11 is 5.82. The number of halogens is 1. The summed E-state index contributed by atoms with van der Waals surface area (Å²) < 4.78 is 0. The molecule has 0 spiro atoms. The van der Waals surface area contributed by atoms with Crippen LogP contribution in [0, 0.1) is 0 Å². The van der Waals surface area contributed by atoms with Crippen LogP contribution in [0.3, 0.4) is 0 Å². The molecule has 0 atom stereocenters. The average molecular weight is 300 g/mol. The van der Waals surface area contributed by atoms with Crippen molar-refractivity contribution in [2.24, 2.45) is 10.2 Å². The zero-order chi connectivity index (χ0) is 14.8. The first kappa shape index (κ1) is 13.3. The van der Waals surface area contributed by atoms with Crippen LogP contribution in [-0.2, 0) is 0 Å². The molecule has 0 aliphatic carbocycles. The predicted molar refractivity (Wildman–Crippen MR) is 80.3 cm³/mol. The summed E-state index contributed by atoms with van der Waals surface area (Å²) in [6.45, 7) is 0. The third-order valence-electron chi connectivity index (χ3n) is 2.97. The van der Waals surface area contributed by atoms with Gasteiger partial charge in [0.2, 0.25) is 5.88 Å². The van der Waals surface area contributed by atoms with Gasteiger partial charge in [-0.2, -0.15) is 0 Å². The Morgan fingerprint density at radius 3 is 2.76 bits per heavy atom. The van der Waals surface area contributed by atoms with E-state index in [1.807, 2.05) is 12.1 Å². The van der Waals surface area contributed by atoms with Gasteiger partial charge in [-0.3, -0.25) is 4.79 Å². The third-order valence-corrected chi connectivity index (χ3v) is 3.21. The molecule has 1 amide bonds. The van der Waals surface area contributed by atoms with E-state index in [0.717, 1.165) is 5.52 Å². The van der Waals surface area contributed by atoms with Gasteiger partial charge in [0.25, 0.3) is 5.91 Å². The molecule has 21 heavy (non-hydrogen) atoms. The van der Waals surface area contributed by atoms with Crippen molar-refractivity contribution < 1.29 is 9.90 Å². The lowest BCUT2D eigenvalue weighted by molar-refractivity contribution is 0.0995. The maximum atomic E-state index is 11.9. The Morgan fingerprint density at radius 2 is 1.95 bits per heavy atom. The molecule has 2 aromatic carbocycles. The van der Waals surface area contributed by atoms with Gasteiger partial charge in [-0.25, -0.2) is 0 Å². The van der Waals surface area contributed by atoms with Gasteiger partial charge in [-0.15, -0.1) is 10.2 Å². The minimum absolute atomic E-state index is 0.126. The first-order valence-electron chi connectivity index (χ1n) is 6.16. The Bertz CT molecular complexity index is 855. The number of hydrogen-bond acceptors (Lipinski definition) is 3. The Morgan fingerprint density at radius 1 is 1.14 bits per heavy atom. The SMILES string of the molecule is O=C(N=Nc1c(O)[nH]c2ccccc12)c1cccc(Cl)c1. The average Bonchev–Trinajstić information content (AvgIpc) is 2.80. The van der Waals surface area contributed by atoms with Crippen LogP contribution in [0.25, 0.3) is 10.9 Å². The van der Waals surface area contributed by atoms with Crippen molar-refractivity contribution in [2.75, 3.05) is 0 Å². The monoisotopic (exact) mass is 299 g/mol. The van der Waals surface area contributed by atoms with Gasteiger partial charge >= 0.3 is 0 Å². The molecule has 5 nitrogen and oxygen atoms in total. The van der Waals surface area contributed by atoms with Crippen LogP contribution in [0.4, 0.5) is 5.69 Å². The lowest BCUT2D eigenvalue weighted by Crippen LogP contribution is -1.92. The van der Waals surface area contributed by atoms with Crippen LogP contribution < -0.4 is 0 Å². The van der Waals surface area contributed by atoms with Crippen molar-refractivity contribution in [2.45, 2.75) is 0 Å². The van der Waals surface area contributed by atoms with Gasteiger partial charge in [0, 0.05) is 16.0 Å². The molecule has 0 bridgehead atoms. The Balaban J connectivity index is 1.95. The quantitative estimate of drug-likeness (QED) is 0.686. The Hall–Kier alpha value is -2.66. The summed E-state index contributed by atoms with van der Waals surface area (Å²) in [7, 11) is 0. The van der Waals surface area contributed by atoms with Crippen molar-refractivity contribution >= 4 is 34.1 Å². The number of para-hydroxylation sites is 1. The van der Waals surface area contributed by atoms with Crippen molar-refractivity contribution in [3.05, 3.63) is 59.1 Å². The number of amides is 1. The summed E-state index contributed by atoms with van der Waals surface area (Å²) in [6, 6.07) is 13.7. The summed E-state index contributed by atoms with van der Waals surface area (Å²) in [5.41, 5.74) is 1.30. The summed E-state index contributed by atoms with van der Waals surface area (Å²) in [5.74, 6) is -0.652. The number of carbonyl (C=O) groups excluding carboxylic acids is 1. The molecule has 3 rings (SSSR count). The smallest absolute Gasteiger partial charge is 0.295 e. The van der Waals surface area contributed by atoms with Gasteiger partial charge in [-0.05, 0) is 24.3 Å². The number of aromatic amines is 1. The van der Waals surface area contributed by atoms with Crippen LogP contribution in [0.1, 0.15) is 10.4 Å². The minimum atomic E-state index is -0.526. The Kier molecular flexibility index (Phi) is 3.41. The number of hydrogen-bond donors (Lipinski definition) is 2. The third kappa shape index (κ3) is 2.64. The zero-order valence-electron chi connectivity index (χ0n) is 10.7.